The number of carbonyl (C=O) groups excluding carboxylic acids is 2. The molecule has 0 aliphatic heterocycles. The Labute approximate surface area is 208 Å². The number of carbonyl (C=O) groups is 2. The summed E-state index contributed by atoms with van der Waals surface area (Å²) in [6.45, 7) is -0.173. The predicted molar refractivity (Wildman–Crippen MR) is 134 cm³/mol. The second-order valence-corrected chi connectivity index (χ2v) is 9.12. The standard InChI is InChI=1S/C27H25N3O4S/c1-33-22-13-11-19(12-14-22)15-21(16-28)26(32)34-18-25(31)30(17-20-7-3-2-4-8-20)27-29-23-9-5-6-10-24(23)35-27/h2-4,7-8,11-15H,5-6,9-10,17-18H2,1H3/b21-15+. The van der Waals surface area contributed by atoms with Gasteiger partial charge in [-0.2, -0.15) is 5.26 Å². The molecule has 7 nitrogen and oxygen atoms in total. The first-order chi connectivity index (χ1) is 17.1. The number of thiazole rings is 1. The highest BCUT2D eigenvalue weighted by molar-refractivity contribution is 7.15. The number of aryl methyl sites for hydroxylation is 2. The largest absolute Gasteiger partial charge is 0.497 e. The smallest absolute Gasteiger partial charge is 0.349 e. The highest BCUT2D eigenvalue weighted by atomic mass is 32.1. The average Bonchev–Trinajstić information content (AvgIpc) is 3.33. The molecule has 4 rings (SSSR count). The summed E-state index contributed by atoms with van der Waals surface area (Å²) in [6, 6.07) is 18.4. The Hall–Kier alpha value is -3.96. The van der Waals surface area contributed by atoms with E-state index in [0.717, 1.165) is 36.9 Å². The van der Waals surface area contributed by atoms with Gasteiger partial charge in [0.1, 0.15) is 17.4 Å². The van der Waals surface area contributed by atoms with Crippen molar-refractivity contribution in [1.29, 1.82) is 5.26 Å². The molecule has 0 saturated heterocycles. The second kappa shape index (κ2) is 11.4. The second-order valence-electron chi connectivity index (χ2n) is 8.06. The van der Waals surface area contributed by atoms with E-state index in [0.29, 0.717) is 23.0 Å². The highest BCUT2D eigenvalue weighted by Gasteiger charge is 2.25. The van der Waals surface area contributed by atoms with Crippen LogP contribution in [0.1, 0.15) is 34.5 Å². The van der Waals surface area contributed by atoms with E-state index in [1.807, 2.05) is 36.4 Å². The molecule has 0 N–H and O–H groups in total. The number of aromatic nitrogens is 1. The van der Waals surface area contributed by atoms with E-state index in [4.69, 9.17) is 14.5 Å². The number of anilines is 1. The van der Waals surface area contributed by atoms with Crippen molar-refractivity contribution < 1.29 is 19.1 Å². The van der Waals surface area contributed by atoms with Crippen molar-refractivity contribution in [1.82, 2.24) is 4.98 Å². The first-order valence-corrected chi connectivity index (χ1v) is 12.1. The lowest BCUT2D eigenvalue weighted by atomic mass is 10.0. The molecule has 178 valence electrons. The predicted octanol–water partition coefficient (Wildman–Crippen LogP) is 4.71. The third-order valence-corrected chi connectivity index (χ3v) is 6.82. The molecule has 0 fully saturated rings. The summed E-state index contributed by atoms with van der Waals surface area (Å²) >= 11 is 1.52. The summed E-state index contributed by atoms with van der Waals surface area (Å²) in [7, 11) is 1.56. The van der Waals surface area contributed by atoms with Gasteiger partial charge in [-0.15, -0.1) is 11.3 Å². The molecule has 1 aromatic heterocycles. The molecular formula is C27H25N3O4S. The van der Waals surface area contributed by atoms with Gasteiger partial charge in [-0.25, -0.2) is 9.78 Å². The van der Waals surface area contributed by atoms with Crippen LogP contribution < -0.4 is 9.64 Å². The number of benzene rings is 2. The van der Waals surface area contributed by atoms with E-state index < -0.39 is 18.5 Å². The molecule has 8 heteroatoms. The van der Waals surface area contributed by atoms with Gasteiger partial charge in [-0.05, 0) is 55.0 Å². The van der Waals surface area contributed by atoms with Crippen molar-refractivity contribution in [3.63, 3.8) is 0 Å². The molecule has 0 radical (unpaired) electrons. The van der Waals surface area contributed by atoms with Crippen LogP contribution in [-0.4, -0.2) is 30.6 Å². The summed E-state index contributed by atoms with van der Waals surface area (Å²) in [4.78, 5) is 33.3. The summed E-state index contributed by atoms with van der Waals surface area (Å²) in [5.74, 6) is -0.582. The van der Waals surface area contributed by atoms with Gasteiger partial charge in [0, 0.05) is 4.88 Å². The van der Waals surface area contributed by atoms with Crippen LogP contribution in [0.25, 0.3) is 6.08 Å². The molecule has 0 saturated carbocycles. The van der Waals surface area contributed by atoms with E-state index in [9.17, 15) is 14.9 Å². The van der Waals surface area contributed by atoms with Crippen LogP contribution in [0.5, 0.6) is 5.75 Å². The molecule has 0 atom stereocenters. The number of esters is 1. The summed E-state index contributed by atoms with van der Waals surface area (Å²) < 4.78 is 10.4. The SMILES string of the molecule is COc1ccc(/C=C(\C#N)C(=O)OCC(=O)N(Cc2ccccc2)c2nc3c(s2)CCCC3)cc1. The number of methoxy groups -OCH3 is 1. The Balaban J connectivity index is 1.48. The van der Waals surface area contributed by atoms with Gasteiger partial charge < -0.3 is 9.47 Å². The first-order valence-electron chi connectivity index (χ1n) is 11.3. The molecule has 2 aromatic carbocycles. The molecule has 3 aromatic rings. The monoisotopic (exact) mass is 487 g/mol. The van der Waals surface area contributed by atoms with E-state index in [-0.39, 0.29) is 5.57 Å². The molecule has 0 bridgehead atoms. The van der Waals surface area contributed by atoms with Crippen LogP contribution >= 0.6 is 11.3 Å². The number of amides is 1. The molecule has 1 heterocycles. The van der Waals surface area contributed by atoms with E-state index >= 15 is 0 Å². The first kappa shape index (κ1) is 24.2. The zero-order valence-corrected chi connectivity index (χ0v) is 20.2. The van der Waals surface area contributed by atoms with Crippen molar-refractivity contribution in [2.45, 2.75) is 32.2 Å². The third kappa shape index (κ3) is 6.14. The number of nitriles is 1. The molecule has 1 aliphatic rings. The van der Waals surface area contributed by atoms with Crippen molar-refractivity contribution >= 4 is 34.4 Å². The van der Waals surface area contributed by atoms with Gasteiger partial charge in [0.2, 0.25) is 0 Å². The van der Waals surface area contributed by atoms with Crippen LogP contribution in [0.2, 0.25) is 0 Å². The Bertz CT molecular complexity index is 1240. The number of rotatable bonds is 8. The molecule has 1 amide bonds. The number of hydrogen-bond acceptors (Lipinski definition) is 7. The molecule has 1 aliphatic carbocycles. The van der Waals surface area contributed by atoms with Gasteiger partial charge in [0.15, 0.2) is 11.7 Å². The Kier molecular flexibility index (Phi) is 7.91. The number of ether oxygens (including phenoxy) is 2. The topological polar surface area (TPSA) is 92.5 Å². The minimum atomic E-state index is -0.852. The molecule has 0 spiro atoms. The molecule has 0 unspecified atom stereocenters. The van der Waals surface area contributed by atoms with Gasteiger partial charge in [-0.3, -0.25) is 9.69 Å². The van der Waals surface area contributed by atoms with Crippen LogP contribution in [0.3, 0.4) is 0 Å². The fourth-order valence-electron chi connectivity index (χ4n) is 3.77. The maximum atomic E-state index is 13.2. The van der Waals surface area contributed by atoms with Gasteiger partial charge >= 0.3 is 5.97 Å². The zero-order chi connectivity index (χ0) is 24.6. The fraction of sp³-hybridized carbons (Fsp3) is 0.259. The minimum Gasteiger partial charge on any atom is -0.497 e. The van der Waals surface area contributed by atoms with E-state index in [2.05, 4.69) is 0 Å². The van der Waals surface area contributed by atoms with Crippen LogP contribution in [-0.2, 0) is 33.7 Å². The van der Waals surface area contributed by atoms with Gasteiger partial charge in [-0.1, -0.05) is 42.5 Å². The average molecular weight is 488 g/mol. The number of nitrogens with zero attached hydrogens (tertiary/aromatic N) is 3. The normalized spacial score (nSPS) is 12.9. The van der Waals surface area contributed by atoms with Gasteiger partial charge in [0.25, 0.3) is 5.91 Å². The fourth-order valence-corrected chi connectivity index (χ4v) is 4.93. The lowest BCUT2D eigenvalue weighted by Crippen LogP contribution is -2.34. The quantitative estimate of drug-likeness (QED) is 0.259. The van der Waals surface area contributed by atoms with E-state index in [1.54, 1.807) is 36.3 Å². The number of fused-ring (bicyclic) bond motifs is 1. The highest BCUT2D eigenvalue weighted by Crippen LogP contribution is 2.32. The van der Waals surface area contributed by atoms with Crippen molar-refractivity contribution in [3.05, 3.63) is 81.9 Å². The zero-order valence-electron chi connectivity index (χ0n) is 19.4. The van der Waals surface area contributed by atoms with Crippen LogP contribution in [0.4, 0.5) is 5.13 Å². The maximum absolute atomic E-state index is 13.2. The van der Waals surface area contributed by atoms with Crippen LogP contribution in [0, 0.1) is 11.3 Å². The Morgan fingerprint density at radius 2 is 1.86 bits per heavy atom. The Morgan fingerprint density at radius 1 is 1.11 bits per heavy atom. The van der Waals surface area contributed by atoms with Crippen molar-refractivity contribution in [2.75, 3.05) is 18.6 Å². The summed E-state index contributed by atoms with van der Waals surface area (Å²) in [6.07, 6.45) is 5.52. The molecule has 35 heavy (non-hydrogen) atoms. The van der Waals surface area contributed by atoms with Crippen LogP contribution in [0.15, 0.2) is 60.2 Å². The lowest BCUT2D eigenvalue weighted by molar-refractivity contribution is -0.143. The number of hydrogen-bond donors (Lipinski definition) is 0. The Morgan fingerprint density at radius 3 is 2.54 bits per heavy atom. The van der Waals surface area contributed by atoms with Crippen molar-refractivity contribution in [2.24, 2.45) is 0 Å². The van der Waals surface area contributed by atoms with Gasteiger partial charge in [0.05, 0.1) is 19.3 Å². The minimum absolute atomic E-state index is 0.192. The summed E-state index contributed by atoms with van der Waals surface area (Å²) in [5, 5.41) is 10.1. The summed E-state index contributed by atoms with van der Waals surface area (Å²) in [5.41, 5.74) is 2.44. The lowest BCUT2D eigenvalue weighted by Gasteiger charge is -2.20. The van der Waals surface area contributed by atoms with E-state index in [1.165, 1.54) is 22.3 Å². The maximum Gasteiger partial charge on any atom is 0.349 e. The molecular weight excluding hydrogens is 462 g/mol. The third-order valence-electron chi connectivity index (χ3n) is 5.64. The van der Waals surface area contributed by atoms with Crippen molar-refractivity contribution in [3.8, 4) is 11.8 Å².